The highest BCUT2D eigenvalue weighted by molar-refractivity contribution is 6.06. The number of carbonyl (C=O) groups excluding carboxylic acids is 1. The van der Waals surface area contributed by atoms with Crippen molar-refractivity contribution in [3.05, 3.63) is 36.0 Å². The number of carbonyl (C=O) groups is 1. The van der Waals surface area contributed by atoms with Crippen LogP contribution in [0.5, 0.6) is 0 Å². The molecule has 1 amide bonds. The van der Waals surface area contributed by atoms with E-state index < -0.39 is 5.91 Å². The van der Waals surface area contributed by atoms with E-state index in [2.05, 4.69) is 16.8 Å². The molecule has 2 aromatic rings. The number of nitrogens with zero attached hydrogens (tertiary/aromatic N) is 2. The molecule has 0 saturated carbocycles. The molecule has 4 N–H and O–H groups in total. The van der Waals surface area contributed by atoms with Crippen LogP contribution in [0.3, 0.4) is 0 Å². The number of primary amides is 1. The Hall–Kier alpha value is -2.14. The van der Waals surface area contributed by atoms with Crippen molar-refractivity contribution in [1.29, 1.82) is 0 Å². The van der Waals surface area contributed by atoms with E-state index in [0.29, 0.717) is 24.1 Å². The number of amides is 1. The summed E-state index contributed by atoms with van der Waals surface area (Å²) in [5, 5.41) is 0.971. The van der Waals surface area contributed by atoms with Crippen molar-refractivity contribution in [3.8, 4) is 0 Å². The van der Waals surface area contributed by atoms with Crippen LogP contribution in [-0.2, 0) is 0 Å². The predicted molar refractivity (Wildman–Crippen MR) is 84.2 cm³/mol. The highest BCUT2D eigenvalue weighted by Crippen LogP contribution is 2.35. The van der Waals surface area contributed by atoms with Gasteiger partial charge in [0.2, 0.25) is 0 Å². The number of fused-ring (bicyclic) bond motifs is 1. The Kier molecular flexibility index (Phi) is 3.51. The van der Waals surface area contributed by atoms with Gasteiger partial charge in [0.15, 0.2) is 0 Å². The summed E-state index contributed by atoms with van der Waals surface area (Å²) in [5.41, 5.74) is 13.6. The molecule has 0 radical (unpaired) electrons. The largest absolute Gasteiger partial charge is 0.367 e. The van der Waals surface area contributed by atoms with Gasteiger partial charge in [-0.05, 0) is 31.9 Å². The van der Waals surface area contributed by atoms with Gasteiger partial charge in [-0.3, -0.25) is 9.78 Å². The second-order valence-electron chi connectivity index (χ2n) is 5.74. The van der Waals surface area contributed by atoms with Crippen molar-refractivity contribution in [2.45, 2.75) is 19.4 Å². The molecular weight excluding hydrogens is 264 g/mol. The number of anilines is 1. The van der Waals surface area contributed by atoms with Gasteiger partial charge in [0, 0.05) is 24.2 Å². The molecule has 1 fully saturated rings. The molecular formula is C16H20N4O. The van der Waals surface area contributed by atoms with Crippen LogP contribution in [0.25, 0.3) is 10.9 Å². The lowest BCUT2D eigenvalue weighted by Crippen LogP contribution is -2.30. The molecule has 1 aliphatic heterocycles. The maximum atomic E-state index is 11.8. The monoisotopic (exact) mass is 284 g/mol. The number of hydrogen-bond acceptors (Lipinski definition) is 4. The molecule has 2 unspecified atom stereocenters. The van der Waals surface area contributed by atoms with E-state index in [9.17, 15) is 4.79 Å². The van der Waals surface area contributed by atoms with E-state index in [1.807, 2.05) is 24.3 Å². The lowest BCUT2D eigenvalue weighted by atomic mass is 10.1. The van der Waals surface area contributed by atoms with E-state index in [-0.39, 0.29) is 0 Å². The van der Waals surface area contributed by atoms with Gasteiger partial charge in [0.25, 0.3) is 5.91 Å². The van der Waals surface area contributed by atoms with Gasteiger partial charge in [0.1, 0.15) is 0 Å². The maximum Gasteiger partial charge on any atom is 0.252 e. The van der Waals surface area contributed by atoms with Crippen LogP contribution < -0.4 is 16.4 Å². The molecule has 0 spiro atoms. The lowest BCUT2D eigenvalue weighted by Gasteiger charge is -2.27. The van der Waals surface area contributed by atoms with E-state index in [1.165, 1.54) is 0 Å². The van der Waals surface area contributed by atoms with Crippen molar-refractivity contribution in [3.63, 3.8) is 0 Å². The summed E-state index contributed by atoms with van der Waals surface area (Å²) in [6, 6.07) is 8.18. The molecule has 5 heteroatoms. The first-order valence-electron chi connectivity index (χ1n) is 7.26. The van der Waals surface area contributed by atoms with E-state index in [1.54, 1.807) is 6.20 Å². The molecule has 110 valence electrons. The Balaban J connectivity index is 2.19. The number of para-hydroxylation sites is 1. The average Bonchev–Trinajstić information content (AvgIpc) is 2.86. The van der Waals surface area contributed by atoms with Crippen LogP contribution in [0, 0.1) is 5.92 Å². The summed E-state index contributed by atoms with van der Waals surface area (Å²) < 4.78 is 0. The van der Waals surface area contributed by atoms with Gasteiger partial charge >= 0.3 is 0 Å². The number of rotatable bonds is 3. The van der Waals surface area contributed by atoms with Crippen LogP contribution >= 0.6 is 0 Å². The number of aromatic nitrogens is 1. The van der Waals surface area contributed by atoms with Crippen molar-refractivity contribution in [2.24, 2.45) is 17.4 Å². The zero-order chi connectivity index (χ0) is 15.0. The summed E-state index contributed by atoms with van der Waals surface area (Å²) in [6.07, 6.45) is 2.62. The summed E-state index contributed by atoms with van der Waals surface area (Å²) in [5.74, 6) is 0.0132. The summed E-state index contributed by atoms with van der Waals surface area (Å²) in [7, 11) is 0. The third kappa shape index (κ3) is 2.34. The Labute approximate surface area is 123 Å². The minimum atomic E-state index is -0.438. The molecule has 1 aromatic heterocycles. The van der Waals surface area contributed by atoms with E-state index in [0.717, 1.165) is 29.6 Å². The first-order chi connectivity index (χ1) is 10.1. The summed E-state index contributed by atoms with van der Waals surface area (Å²) in [4.78, 5) is 18.4. The fourth-order valence-electron chi connectivity index (χ4n) is 3.24. The van der Waals surface area contributed by atoms with Crippen molar-refractivity contribution >= 4 is 22.5 Å². The molecule has 3 rings (SSSR count). The minimum Gasteiger partial charge on any atom is -0.367 e. The van der Waals surface area contributed by atoms with Gasteiger partial charge in [-0.25, -0.2) is 0 Å². The van der Waals surface area contributed by atoms with Crippen LogP contribution in [0.4, 0.5) is 5.69 Å². The van der Waals surface area contributed by atoms with Crippen LogP contribution in [0.2, 0.25) is 0 Å². The van der Waals surface area contributed by atoms with Crippen molar-refractivity contribution < 1.29 is 4.79 Å². The minimum absolute atomic E-state index is 0.336. The van der Waals surface area contributed by atoms with Gasteiger partial charge < -0.3 is 16.4 Å². The first kappa shape index (κ1) is 13.8. The molecule has 2 heterocycles. The Morgan fingerprint density at radius 2 is 2.19 bits per heavy atom. The zero-order valence-corrected chi connectivity index (χ0v) is 12.1. The average molecular weight is 284 g/mol. The molecule has 0 bridgehead atoms. The van der Waals surface area contributed by atoms with Crippen molar-refractivity contribution in [2.75, 3.05) is 18.0 Å². The van der Waals surface area contributed by atoms with Crippen LogP contribution in [0.1, 0.15) is 23.7 Å². The predicted octanol–water partition coefficient (Wildman–Crippen LogP) is 1.51. The Morgan fingerprint density at radius 1 is 1.43 bits per heavy atom. The normalized spacial score (nSPS) is 21.9. The quantitative estimate of drug-likeness (QED) is 0.894. The van der Waals surface area contributed by atoms with E-state index >= 15 is 0 Å². The number of pyridine rings is 1. The number of nitrogens with two attached hydrogens (primary N) is 2. The Morgan fingerprint density at radius 3 is 2.86 bits per heavy atom. The molecule has 21 heavy (non-hydrogen) atoms. The molecule has 1 saturated heterocycles. The van der Waals surface area contributed by atoms with Crippen LogP contribution in [0.15, 0.2) is 30.5 Å². The van der Waals surface area contributed by atoms with Crippen LogP contribution in [-0.4, -0.2) is 30.0 Å². The van der Waals surface area contributed by atoms with E-state index in [4.69, 9.17) is 11.5 Å². The second kappa shape index (κ2) is 5.33. The third-order valence-electron chi connectivity index (χ3n) is 4.29. The smallest absolute Gasteiger partial charge is 0.252 e. The maximum absolute atomic E-state index is 11.8. The third-order valence-corrected chi connectivity index (χ3v) is 4.29. The number of hydrogen-bond donors (Lipinski definition) is 2. The highest BCUT2D eigenvalue weighted by atomic mass is 16.1. The van der Waals surface area contributed by atoms with Gasteiger partial charge in [0.05, 0.1) is 16.8 Å². The summed E-state index contributed by atoms with van der Waals surface area (Å²) in [6.45, 7) is 3.68. The highest BCUT2D eigenvalue weighted by Gasteiger charge is 2.31. The molecule has 1 aromatic carbocycles. The lowest BCUT2D eigenvalue weighted by molar-refractivity contribution is 0.100. The van der Waals surface area contributed by atoms with Crippen molar-refractivity contribution in [1.82, 2.24) is 4.98 Å². The first-order valence-corrected chi connectivity index (χ1v) is 7.26. The summed E-state index contributed by atoms with van der Waals surface area (Å²) >= 11 is 0. The molecule has 0 aliphatic carbocycles. The van der Waals surface area contributed by atoms with Gasteiger partial charge in [-0.2, -0.15) is 0 Å². The van der Waals surface area contributed by atoms with Gasteiger partial charge in [-0.15, -0.1) is 0 Å². The standard InChI is InChI=1S/C16H20N4O/c1-10-6-11(7-17)9-20(10)15-12-4-2-3-5-14(12)19-8-13(15)16(18)21/h2-5,8,10-11H,6-7,9,17H2,1H3,(H2,18,21). The number of benzene rings is 1. The Bertz CT molecular complexity index is 685. The SMILES string of the molecule is CC1CC(CN)CN1c1c(C(N)=O)cnc2ccccc12. The van der Waals surface area contributed by atoms with Gasteiger partial charge in [-0.1, -0.05) is 18.2 Å². The molecule has 5 nitrogen and oxygen atoms in total. The fraction of sp³-hybridized carbons (Fsp3) is 0.375. The topological polar surface area (TPSA) is 85.2 Å². The second-order valence-corrected chi connectivity index (χ2v) is 5.74. The molecule has 2 atom stereocenters. The zero-order valence-electron chi connectivity index (χ0n) is 12.1. The fourth-order valence-corrected chi connectivity index (χ4v) is 3.24. The molecule has 1 aliphatic rings.